The molecule has 1 amide bonds. The first-order chi connectivity index (χ1) is 10.2. The molecule has 1 aliphatic rings. The Morgan fingerprint density at radius 1 is 1.38 bits per heavy atom. The highest BCUT2D eigenvalue weighted by Gasteiger charge is 2.14. The van der Waals surface area contributed by atoms with Gasteiger partial charge in [-0.1, -0.05) is 23.1 Å². The maximum absolute atomic E-state index is 11.9. The first-order valence-corrected chi connectivity index (χ1v) is 7.88. The summed E-state index contributed by atoms with van der Waals surface area (Å²) in [5, 5.41) is 14.3. The number of aromatic nitrogens is 2. The number of carbonyl (C=O) groups excluding carboxylic acids is 1. The highest BCUT2D eigenvalue weighted by atomic mass is 32.2. The fourth-order valence-corrected chi connectivity index (χ4v) is 3.17. The summed E-state index contributed by atoms with van der Waals surface area (Å²) >= 11 is 2.76. The fourth-order valence-electron chi connectivity index (χ4n) is 1.67. The molecule has 0 unspecified atom stereocenters. The van der Waals surface area contributed by atoms with Gasteiger partial charge in [-0.3, -0.25) is 4.79 Å². The van der Waals surface area contributed by atoms with Gasteiger partial charge in [0.1, 0.15) is 0 Å². The maximum atomic E-state index is 11.9. The van der Waals surface area contributed by atoms with Gasteiger partial charge in [0.2, 0.25) is 17.8 Å². The molecule has 2 N–H and O–H groups in total. The van der Waals surface area contributed by atoms with E-state index in [1.807, 2.05) is 0 Å². The lowest BCUT2D eigenvalue weighted by molar-refractivity contribution is -0.113. The third-order valence-electron chi connectivity index (χ3n) is 2.60. The number of carbonyl (C=O) groups is 1. The highest BCUT2D eigenvalue weighted by Crippen LogP contribution is 2.34. The van der Waals surface area contributed by atoms with Crippen LogP contribution in [0.5, 0.6) is 11.5 Å². The van der Waals surface area contributed by atoms with Gasteiger partial charge in [0.15, 0.2) is 15.8 Å². The van der Waals surface area contributed by atoms with Crippen molar-refractivity contribution in [2.45, 2.75) is 4.34 Å². The largest absolute Gasteiger partial charge is 0.454 e. The number of hydrogen-bond donors (Lipinski definition) is 2. The van der Waals surface area contributed by atoms with E-state index in [0.717, 1.165) is 9.47 Å². The van der Waals surface area contributed by atoms with Crippen molar-refractivity contribution in [3.8, 4) is 11.5 Å². The first-order valence-electron chi connectivity index (χ1n) is 6.08. The lowest BCUT2D eigenvalue weighted by atomic mass is 10.3. The molecule has 3 rings (SSSR count). The third kappa shape index (κ3) is 3.37. The monoisotopic (exact) mass is 324 g/mol. The van der Waals surface area contributed by atoms with Crippen LogP contribution in [0.1, 0.15) is 0 Å². The standard InChI is InChI=1S/C12H12N4O3S2/c1-13-11-15-16-12(21-11)20-5-10(17)14-7-2-3-8-9(4-7)19-6-18-8/h2-4H,5-6H2,1H3,(H,13,15)(H,14,17). The second-order valence-electron chi connectivity index (χ2n) is 4.03. The number of nitrogens with one attached hydrogen (secondary N) is 2. The number of benzene rings is 1. The van der Waals surface area contributed by atoms with Gasteiger partial charge in [0.05, 0.1) is 5.75 Å². The Bertz CT molecular complexity index is 662. The molecule has 1 aromatic carbocycles. The Hall–Kier alpha value is -2.00. The van der Waals surface area contributed by atoms with E-state index in [2.05, 4.69) is 20.8 Å². The number of rotatable bonds is 5. The highest BCUT2D eigenvalue weighted by molar-refractivity contribution is 8.01. The van der Waals surface area contributed by atoms with Gasteiger partial charge in [-0.2, -0.15) is 0 Å². The molecule has 2 aromatic rings. The van der Waals surface area contributed by atoms with Gasteiger partial charge >= 0.3 is 0 Å². The summed E-state index contributed by atoms with van der Waals surface area (Å²) < 4.78 is 11.2. The molecule has 21 heavy (non-hydrogen) atoms. The second kappa shape index (κ2) is 6.19. The summed E-state index contributed by atoms with van der Waals surface area (Å²) in [6.45, 7) is 0.216. The number of amides is 1. The maximum Gasteiger partial charge on any atom is 0.234 e. The minimum Gasteiger partial charge on any atom is -0.454 e. The number of ether oxygens (including phenoxy) is 2. The van der Waals surface area contributed by atoms with Gasteiger partial charge in [-0.15, -0.1) is 10.2 Å². The van der Waals surface area contributed by atoms with Crippen LogP contribution in [0.4, 0.5) is 10.8 Å². The molecule has 110 valence electrons. The number of anilines is 2. The summed E-state index contributed by atoms with van der Waals surface area (Å²) in [7, 11) is 1.78. The summed E-state index contributed by atoms with van der Waals surface area (Å²) in [6.07, 6.45) is 0. The molecule has 1 aliphatic heterocycles. The van der Waals surface area contributed by atoms with Crippen LogP contribution in [-0.2, 0) is 4.79 Å². The predicted molar refractivity (Wildman–Crippen MR) is 81.4 cm³/mol. The van der Waals surface area contributed by atoms with E-state index in [9.17, 15) is 4.79 Å². The Balaban J connectivity index is 1.54. The molecule has 0 saturated heterocycles. The van der Waals surface area contributed by atoms with E-state index in [4.69, 9.17) is 9.47 Å². The van der Waals surface area contributed by atoms with E-state index < -0.39 is 0 Å². The van der Waals surface area contributed by atoms with E-state index in [1.165, 1.54) is 23.1 Å². The fraction of sp³-hybridized carbons (Fsp3) is 0.250. The van der Waals surface area contributed by atoms with Crippen molar-refractivity contribution in [2.24, 2.45) is 0 Å². The van der Waals surface area contributed by atoms with Crippen molar-refractivity contribution in [3.63, 3.8) is 0 Å². The Kier molecular flexibility index (Phi) is 4.11. The normalized spacial score (nSPS) is 12.2. The molecule has 0 fully saturated rings. The molecule has 0 aliphatic carbocycles. The van der Waals surface area contributed by atoms with E-state index in [0.29, 0.717) is 17.2 Å². The zero-order valence-electron chi connectivity index (χ0n) is 11.1. The molecule has 9 heteroatoms. The molecule has 7 nitrogen and oxygen atoms in total. The topological polar surface area (TPSA) is 85.4 Å². The van der Waals surface area contributed by atoms with Crippen LogP contribution in [0, 0.1) is 0 Å². The second-order valence-corrected chi connectivity index (χ2v) is 6.23. The lowest BCUT2D eigenvalue weighted by Crippen LogP contribution is -2.13. The van der Waals surface area contributed by atoms with Crippen molar-refractivity contribution >= 4 is 39.8 Å². The van der Waals surface area contributed by atoms with Crippen LogP contribution in [-0.4, -0.2) is 35.7 Å². The van der Waals surface area contributed by atoms with E-state index >= 15 is 0 Å². The van der Waals surface area contributed by atoms with Crippen molar-refractivity contribution in [2.75, 3.05) is 30.2 Å². The van der Waals surface area contributed by atoms with Crippen molar-refractivity contribution in [1.82, 2.24) is 10.2 Å². The molecule has 0 saturated carbocycles. The van der Waals surface area contributed by atoms with Crippen LogP contribution in [0.15, 0.2) is 22.5 Å². The van der Waals surface area contributed by atoms with Crippen LogP contribution in [0.25, 0.3) is 0 Å². The summed E-state index contributed by atoms with van der Waals surface area (Å²) in [6, 6.07) is 5.30. The average Bonchev–Trinajstić information content (AvgIpc) is 3.13. The molecule has 0 atom stereocenters. The zero-order valence-corrected chi connectivity index (χ0v) is 12.7. The molecule has 0 radical (unpaired) electrons. The Morgan fingerprint density at radius 3 is 3.05 bits per heavy atom. The van der Waals surface area contributed by atoms with Gasteiger partial charge in [-0.05, 0) is 12.1 Å². The molecular weight excluding hydrogens is 312 g/mol. The third-order valence-corrected chi connectivity index (χ3v) is 4.68. The van der Waals surface area contributed by atoms with Gasteiger partial charge in [0.25, 0.3) is 0 Å². The zero-order chi connectivity index (χ0) is 14.7. The van der Waals surface area contributed by atoms with Crippen molar-refractivity contribution in [3.05, 3.63) is 18.2 Å². The molecule has 2 heterocycles. The number of thioether (sulfide) groups is 1. The van der Waals surface area contributed by atoms with Crippen LogP contribution < -0.4 is 20.1 Å². The van der Waals surface area contributed by atoms with Crippen LogP contribution in [0.3, 0.4) is 0 Å². The van der Waals surface area contributed by atoms with Gasteiger partial charge in [0, 0.05) is 18.8 Å². The van der Waals surface area contributed by atoms with E-state index in [1.54, 1.807) is 25.2 Å². The minimum absolute atomic E-state index is 0.111. The Labute approximate surface area is 129 Å². The van der Waals surface area contributed by atoms with Crippen LogP contribution >= 0.6 is 23.1 Å². The van der Waals surface area contributed by atoms with Gasteiger partial charge in [-0.25, -0.2) is 0 Å². The van der Waals surface area contributed by atoms with Crippen molar-refractivity contribution in [1.29, 1.82) is 0 Å². The summed E-state index contributed by atoms with van der Waals surface area (Å²) in [4.78, 5) is 11.9. The molecular formula is C12H12N4O3S2. The Morgan fingerprint density at radius 2 is 2.24 bits per heavy atom. The smallest absolute Gasteiger partial charge is 0.234 e. The lowest BCUT2D eigenvalue weighted by Gasteiger charge is -2.05. The van der Waals surface area contributed by atoms with E-state index in [-0.39, 0.29) is 18.5 Å². The number of nitrogens with zero attached hydrogens (tertiary/aromatic N) is 2. The summed E-state index contributed by atoms with van der Waals surface area (Å²) in [5.41, 5.74) is 0.679. The minimum atomic E-state index is -0.111. The number of fused-ring (bicyclic) bond motifs is 1. The quantitative estimate of drug-likeness (QED) is 0.814. The predicted octanol–water partition coefficient (Wildman–Crippen LogP) is 2.04. The van der Waals surface area contributed by atoms with Crippen LogP contribution in [0.2, 0.25) is 0 Å². The number of hydrogen-bond acceptors (Lipinski definition) is 8. The SMILES string of the molecule is CNc1nnc(SCC(=O)Nc2ccc3c(c2)OCO3)s1. The summed E-state index contributed by atoms with van der Waals surface area (Å²) in [5.74, 6) is 1.49. The average molecular weight is 324 g/mol. The molecule has 0 bridgehead atoms. The van der Waals surface area contributed by atoms with Gasteiger partial charge < -0.3 is 20.1 Å². The van der Waals surface area contributed by atoms with Crippen molar-refractivity contribution < 1.29 is 14.3 Å². The molecule has 0 spiro atoms. The molecule has 1 aromatic heterocycles. The first kappa shape index (κ1) is 14.0.